The van der Waals surface area contributed by atoms with Gasteiger partial charge in [-0.15, -0.1) is 0 Å². The fraction of sp³-hybridized carbons (Fsp3) is 0.400. The van der Waals surface area contributed by atoms with Gasteiger partial charge in [-0.1, -0.05) is 13.3 Å². The second-order valence-corrected chi connectivity index (χ2v) is 4.38. The van der Waals surface area contributed by atoms with Crippen molar-refractivity contribution >= 4 is 16.6 Å². The van der Waals surface area contributed by atoms with Gasteiger partial charge >= 0.3 is 0 Å². The first-order valence-corrected chi connectivity index (χ1v) is 6.46. The highest BCUT2D eigenvalue weighted by Gasteiger charge is 2.12. The molecule has 1 aromatic carbocycles. The van der Waals surface area contributed by atoms with E-state index < -0.39 is 0 Å². The molecule has 0 amide bonds. The van der Waals surface area contributed by atoms with Gasteiger partial charge in [0.25, 0.3) is 0 Å². The molecule has 19 heavy (non-hydrogen) atoms. The van der Waals surface area contributed by atoms with Gasteiger partial charge in [0.15, 0.2) is 0 Å². The molecule has 0 saturated carbocycles. The van der Waals surface area contributed by atoms with E-state index in [2.05, 4.69) is 18.3 Å². The van der Waals surface area contributed by atoms with Gasteiger partial charge in [0.2, 0.25) is 0 Å². The molecule has 1 aromatic heterocycles. The third-order valence-corrected chi connectivity index (χ3v) is 3.13. The van der Waals surface area contributed by atoms with Crippen LogP contribution in [0.25, 0.3) is 10.9 Å². The van der Waals surface area contributed by atoms with Gasteiger partial charge in [0.05, 0.1) is 25.1 Å². The molecule has 1 N–H and O–H groups in total. The SMILES string of the molecule is CCCc1cc(NC)c2c(OC)cc(OC)cc2n1. The second-order valence-electron chi connectivity index (χ2n) is 4.38. The zero-order chi connectivity index (χ0) is 13.8. The lowest BCUT2D eigenvalue weighted by atomic mass is 10.1. The van der Waals surface area contributed by atoms with Crippen LogP contribution in [0.4, 0.5) is 5.69 Å². The molecule has 2 rings (SSSR count). The van der Waals surface area contributed by atoms with Crippen molar-refractivity contribution in [2.45, 2.75) is 19.8 Å². The van der Waals surface area contributed by atoms with Crippen LogP contribution >= 0.6 is 0 Å². The highest BCUT2D eigenvalue weighted by Crippen LogP contribution is 2.35. The zero-order valence-corrected chi connectivity index (χ0v) is 11.9. The second kappa shape index (κ2) is 5.78. The number of pyridine rings is 1. The molecule has 1 heterocycles. The predicted octanol–water partition coefficient (Wildman–Crippen LogP) is 3.25. The Morgan fingerprint density at radius 1 is 1.16 bits per heavy atom. The number of fused-ring (bicyclic) bond motifs is 1. The lowest BCUT2D eigenvalue weighted by Gasteiger charge is -2.13. The van der Waals surface area contributed by atoms with Crippen LogP contribution in [0.3, 0.4) is 0 Å². The molecule has 0 bridgehead atoms. The van der Waals surface area contributed by atoms with Crippen molar-refractivity contribution in [2.75, 3.05) is 26.6 Å². The first kappa shape index (κ1) is 13.5. The van der Waals surface area contributed by atoms with Gasteiger partial charge < -0.3 is 14.8 Å². The quantitative estimate of drug-likeness (QED) is 0.896. The number of benzene rings is 1. The Hall–Kier alpha value is -1.97. The largest absolute Gasteiger partial charge is 0.497 e. The van der Waals surface area contributed by atoms with E-state index in [0.29, 0.717) is 0 Å². The van der Waals surface area contributed by atoms with Gasteiger partial charge in [0, 0.05) is 30.6 Å². The number of hydrogen-bond acceptors (Lipinski definition) is 4. The maximum absolute atomic E-state index is 5.45. The summed E-state index contributed by atoms with van der Waals surface area (Å²) in [7, 11) is 5.22. The van der Waals surface area contributed by atoms with Crippen LogP contribution in [-0.2, 0) is 6.42 Å². The fourth-order valence-electron chi connectivity index (χ4n) is 2.22. The highest BCUT2D eigenvalue weighted by atomic mass is 16.5. The topological polar surface area (TPSA) is 43.4 Å². The van der Waals surface area contributed by atoms with Crippen LogP contribution in [0.15, 0.2) is 18.2 Å². The number of aromatic nitrogens is 1. The third kappa shape index (κ3) is 2.57. The summed E-state index contributed by atoms with van der Waals surface area (Å²) in [6.45, 7) is 2.15. The van der Waals surface area contributed by atoms with E-state index in [-0.39, 0.29) is 0 Å². The van der Waals surface area contributed by atoms with Crippen LogP contribution in [0.1, 0.15) is 19.0 Å². The number of hydrogen-bond donors (Lipinski definition) is 1. The first-order chi connectivity index (χ1) is 9.23. The third-order valence-electron chi connectivity index (χ3n) is 3.13. The minimum atomic E-state index is 0.757. The Morgan fingerprint density at radius 2 is 1.95 bits per heavy atom. The molecule has 4 heteroatoms. The van der Waals surface area contributed by atoms with Crippen molar-refractivity contribution in [3.05, 3.63) is 23.9 Å². The van der Waals surface area contributed by atoms with Crippen molar-refractivity contribution in [1.29, 1.82) is 0 Å². The van der Waals surface area contributed by atoms with Gasteiger partial charge in [-0.05, 0) is 12.5 Å². The first-order valence-electron chi connectivity index (χ1n) is 6.46. The molecule has 2 aromatic rings. The minimum absolute atomic E-state index is 0.757. The van der Waals surface area contributed by atoms with Crippen LogP contribution in [0, 0.1) is 0 Å². The molecule has 0 aliphatic rings. The summed E-state index contributed by atoms with van der Waals surface area (Å²) in [5.74, 6) is 1.53. The molecule has 0 aliphatic carbocycles. The maximum Gasteiger partial charge on any atom is 0.134 e. The lowest BCUT2D eigenvalue weighted by molar-refractivity contribution is 0.398. The van der Waals surface area contributed by atoms with Gasteiger partial charge in [-0.2, -0.15) is 0 Å². The summed E-state index contributed by atoms with van der Waals surface area (Å²) >= 11 is 0. The Balaban J connectivity index is 2.73. The maximum atomic E-state index is 5.45. The summed E-state index contributed by atoms with van der Waals surface area (Å²) in [6, 6.07) is 5.91. The molecular formula is C15H20N2O2. The number of ether oxygens (including phenoxy) is 2. The van der Waals surface area contributed by atoms with E-state index in [9.17, 15) is 0 Å². The lowest BCUT2D eigenvalue weighted by Crippen LogP contribution is -1.99. The number of nitrogens with zero attached hydrogens (tertiary/aromatic N) is 1. The number of rotatable bonds is 5. The van der Waals surface area contributed by atoms with E-state index >= 15 is 0 Å². The zero-order valence-electron chi connectivity index (χ0n) is 11.9. The van der Waals surface area contributed by atoms with Crippen LogP contribution < -0.4 is 14.8 Å². The van der Waals surface area contributed by atoms with E-state index in [1.54, 1.807) is 14.2 Å². The van der Waals surface area contributed by atoms with E-state index in [1.165, 1.54) is 0 Å². The van der Waals surface area contributed by atoms with Crippen molar-refractivity contribution in [3.63, 3.8) is 0 Å². The predicted molar refractivity (Wildman–Crippen MR) is 78.4 cm³/mol. The molecule has 0 aliphatic heterocycles. The van der Waals surface area contributed by atoms with E-state index in [1.807, 2.05) is 19.2 Å². The monoisotopic (exact) mass is 260 g/mol. The molecule has 0 radical (unpaired) electrons. The Labute approximate surface area is 113 Å². The molecule has 4 nitrogen and oxygen atoms in total. The Bertz CT molecular complexity index is 582. The molecule has 0 spiro atoms. The molecule has 0 saturated heterocycles. The average molecular weight is 260 g/mol. The van der Waals surface area contributed by atoms with Gasteiger partial charge in [-0.3, -0.25) is 4.98 Å². The molecule has 0 fully saturated rings. The molecular weight excluding hydrogens is 240 g/mol. The van der Waals surface area contributed by atoms with E-state index in [4.69, 9.17) is 14.5 Å². The van der Waals surface area contributed by atoms with Crippen molar-refractivity contribution in [1.82, 2.24) is 4.98 Å². The van der Waals surface area contributed by atoms with Crippen molar-refractivity contribution < 1.29 is 9.47 Å². The highest BCUT2D eigenvalue weighted by molar-refractivity contribution is 5.97. The van der Waals surface area contributed by atoms with Gasteiger partial charge in [-0.25, -0.2) is 0 Å². The van der Waals surface area contributed by atoms with Crippen molar-refractivity contribution in [3.8, 4) is 11.5 Å². The van der Waals surface area contributed by atoms with Crippen molar-refractivity contribution in [2.24, 2.45) is 0 Å². The smallest absolute Gasteiger partial charge is 0.134 e. The Kier molecular flexibility index (Phi) is 4.10. The van der Waals surface area contributed by atoms with E-state index in [0.717, 1.165) is 46.6 Å². The summed E-state index contributed by atoms with van der Waals surface area (Å²) < 4.78 is 10.8. The number of nitrogens with one attached hydrogen (secondary N) is 1. The summed E-state index contributed by atoms with van der Waals surface area (Å²) in [5.41, 5.74) is 3.01. The minimum Gasteiger partial charge on any atom is -0.497 e. The average Bonchev–Trinajstić information content (AvgIpc) is 2.45. The van der Waals surface area contributed by atoms with Gasteiger partial charge in [0.1, 0.15) is 11.5 Å². The van der Waals surface area contributed by atoms with Crippen LogP contribution in [-0.4, -0.2) is 26.3 Å². The molecule has 102 valence electrons. The summed E-state index contributed by atoms with van der Waals surface area (Å²) in [4.78, 5) is 4.69. The molecule has 0 atom stereocenters. The number of aryl methyl sites for hydroxylation is 1. The number of anilines is 1. The summed E-state index contributed by atoms with van der Waals surface area (Å²) in [5, 5.41) is 4.21. The number of methoxy groups -OCH3 is 2. The fourth-order valence-corrected chi connectivity index (χ4v) is 2.22. The standard InChI is InChI=1S/C15H20N2O2/c1-5-6-10-7-12(16-2)15-13(17-10)8-11(18-3)9-14(15)19-4/h7-9H,5-6H2,1-4H3,(H,16,17). The Morgan fingerprint density at radius 3 is 2.53 bits per heavy atom. The molecule has 0 unspecified atom stereocenters. The van der Waals surface area contributed by atoms with Crippen LogP contribution in [0.5, 0.6) is 11.5 Å². The summed E-state index contributed by atoms with van der Waals surface area (Å²) in [6.07, 6.45) is 2.03. The normalized spacial score (nSPS) is 10.5. The van der Waals surface area contributed by atoms with Crippen LogP contribution in [0.2, 0.25) is 0 Å².